The highest BCUT2D eigenvalue weighted by Gasteiger charge is 2.23. The number of aliphatic carboxylic acids is 1. The van der Waals surface area contributed by atoms with Crippen LogP contribution in [0.5, 0.6) is 0 Å². The first-order valence-electron chi connectivity index (χ1n) is 9.18. The molecule has 30 heavy (non-hydrogen) atoms. The number of anilines is 1. The molecule has 0 bridgehead atoms. The summed E-state index contributed by atoms with van der Waals surface area (Å²) in [5, 5.41) is 25.0. The van der Waals surface area contributed by atoms with Crippen molar-refractivity contribution in [3.8, 4) is 11.4 Å². The number of thioether (sulfide) groups is 1. The van der Waals surface area contributed by atoms with Crippen molar-refractivity contribution in [1.82, 2.24) is 24.5 Å². The second kappa shape index (κ2) is 9.31. The zero-order valence-corrected chi connectivity index (χ0v) is 18.2. The van der Waals surface area contributed by atoms with Crippen LogP contribution in [-0.2, 0) is 16.1 Å². The number of rotatable bonds is 8. The van der Waals surface area contributed by atoms with E-state index in [2.05, 4.69) is 20.6 Å². The smallest absolute Gasteiger partial charge is 0.323 e. The molecule has 0 aliphatic carbocycles. The number of carboxylic acids is 1. The first-order chi connectivity index (χ1) is 14.3. The molecule has 158 valence electrons. The maximum Gasteiger partial charge on any atom is 0.323 e. The van der Waals surface area contributed by atoms with Crippen molar-refractivity contribution in [1.29, 1.82) is 0 Å². The lowest BCUT2D eigenvalue weighted by Gasteiger charge is -2.15. The molecule has 2 N–H and O–H groups in total. The number of aromatic nitrogens is 5. The predicted molar refractivity (Wildman–Crippen MR) is 115 cm³/mol. The molecule has 0 unspecified atom stereocenters. The second-order valence-corrected chi connectivity index (χ2v) is 8.54. The van der Waals surface area contributed by atoms with E-state index in [-0.39, 0.29) is 18.5 Å². The Morgan fingerprint density at radius 2 is 1.87 bits per heavy atom. The van der Waals surface area contributed by atoms with E-state index >= 15 is 0 Å². The fourth-order valence-electron chi connectivity index (χ4n) is 2.73. The summed E-state index contributed by atoms with van der Waals surface area (Å²) in [6, 6.07) is 8.68. The fourth-order valence-corrected chi connectivity index (χ4v) is 3.70. The molecule has 0 fully saturated rings. The summed E-state index contributed by atoms with van der Waals surface area (Å²) >= 11 is 7.06. The van der Waals surface area contributed by atoms with Crippen molar-refractivity contribution in [2.45, 2.75) is 43.8 Å². The molecular formula is C19H21ClN6O3S. The summed E-state index contributed by atoms with van der Waals surface area (Å²) < 4.78 is 3.18. The topological polar surface area (TPSA) is 115 Å². The number of nitrogens with zero attached hydrogens (tertiary/aromatic N) is 5. The Bertz CT molecular complexity index is 1050. The Hall–Kier alpha value is -2.85. The van der Waals surface area contributed by atoms with Crippen LogP contribution >= 0.6 is 23.4 Å². The van der Waals surface area contributed by atoms with Gasteiger partial charge in [-0.1, -0.05) is 23.4 Å². The molecule has 0 saturated carbocycles. The Balaban J connectivity index is 1.81. The lowest BCUT2D eigenvalue weighted by molar-refractivity contribution is -0.137. The van der Waals surface area contributed by atoms with E-state index in [1.807, 2.05) is 13.8 Å². The van der Waals surface area contributed by atoms with Crippen LogP contribution in [0.25, 0.3) is 11.4 Å². The minimum atomic E-state index is -1.04. The van der Waals surface area contributed by atoms with Crippen LogP contribution in [0.3, 0.4) is 0 Å². The van der Waals surface area contributed by atoms with Crippen molar-refractivity contribution in [2.24, 2.45) is 0 Å². The summed E-state index contributed by atoms with van der Waals surface area (Å²) in [5.74, 6) is -0.302. The van der Waals surface area contributed by atoms with Gasteiger partial charge in [0.1, 0.15) is 12.4 Å². The molecule has 1 amide bonds. The van der Waals surface area contributed by atoms with E-state index in [0.29, 0.717) is 27.4 Å². The molecule has 0 aliphatic heterocycles. The van der Waals surface area contributed by atoms with Gasteiger partial charge in [-0.05, 0) is 45.0 Å². The number of carbonyl (C=O) groups is 2. The minimum Gasteiger partial charge on any atom is -0.480 e. The number of hydrogen-bond acceptors (Lipinski definition) is 6. The van der Waals surface area contributed by atoms with E-state index in [4.69, 9.17) is 11.6 Å². The van der Waals surface area contributed by atoms with E-state index in [0.717, 1.165) is 11.8 Å². The average Bonchev–Trinajstić information content (AvgIpc) is 3.30. The molecule has 0 spiro atoms. The summed E-state index contributed by atoms with van der Waals surface area (Å²) in [6.45, 7) is 5.32. The highest BCUT2D eigenvalue weighted by molar-refractivity contribution is 8.00. The van der Waals surface area contributed by atoms with Gasteiger partial charge in [-0.3, -0.25) is 14.2 Å². The van der Waals surface area contributed by atoms with Crippen molar-refractivity contribution in [3.63, 3.8) is 0 Å². The molecule has 1 aromatic carbocycles. The minimum absolute atomic E-state index is 0.0962. The maximum atomic E-state index is 12.7. The van der Waals surface area contributed by atoms with Crippen LogP contribution in [0, 0.1) is 0 Å². The molecule has 11 heteroatoms. The van der Waals surface area contributed by atoms with Crippen LogP contribution < -0.4 is 5.32 Å². The summed E-state index contributed by atoms with van der Waals surface area (Å²) in [5.41, 5.74) is 0.679. The highest BCUT2D eigenvalue weighted by Crippen LogP contribution is 2.28. The summed E-state index contributed by atoms with van der Waals surface area (Å²) in [4.78, 5) is 24.1. The maximum absolute atomic E-state index is 12.7. The van der Waals surface area contributed by atoms with E-state index in [9.17, 15) is 14.7 Å². The molecular weight excluding hydrogens is 428 g/mol. The van der Waals surface area contributed by atoms with Gasteiger partial charge in [0, 0.05) is 22.7 Å². The summed E-state index contributed by atoms with van der Waals surface area (Å²) in [6.07, 6.45) is 1.62. The van der Waals surface area contributed by atoms with Crippen molar-refractivity contribution < 1.29 is 14.7 Å². The number of hydrogen-bond donors (Lipinski definition) is 2. The molecule has 0 aliphatic rings. The van der Waals surface area contributed by atoms with Gasteiger partial charge in [-0.2, -0.15) is 5.10 Å². The van der Waals surface area contributed by atoms with Crippen molar-refractivity contribution >= 4 is 41.1 Å². The lowest BCUT2D eigenvalue weighted by Crippen LogP contribution is -2.25. The van der Waals surface area contributed by atoms with Gasteiger partial charge < -0.3 is 10.4 Å². The van der Waals surface area contributed by atoms with Gasteiger partial charge >= 0.3 is 5.97 Å². The Kier molecular flexibility index (Phi) is 6.78. The largest absolute Gasteiger partial charge is 0.480 e. The zero-order valence-electron chi connectivity index (χ0n) is 16.6. The molecule has 2 heterocycles. The van der Waals surface area contributed by atoms with Gasteiger partial charge in [0.25, 0.3) is 0 Å². The first-order valence-corrected chi connectivity index (χ1v) is 10.4. The number of carboxylic acid groups (broad SMARTS) is 1. The Morgan fingerprint density at radius 3 is 2.50 bits per heavy atom. The standard InChI is InChI=1S/C19H21ClN6O3S/c1-11(2)26-15(8-9-21-26)22-18(29)12(3)30-19-24-23-17(25(19)10-16(27)28)13-4-6-14(20)7-5-13/h4-9,11-12H,10H2,1-3H3,(H,22,29)(H,27,28)/t12-/m0/s1. The third-order valence-electron chi connectivity index (χ3n) is 4.17. The van der Waals surface area contributed by atoms with Crippen LogP contribution in [-0.4, -0.2) is 46.8 Å². The summed E-state index contributed by atoms with van der Waals surface area (Å²) in [7, 11) is 0. The lowest BCUT2D eigenvalue weighted by atomic mass is 10.2. The van der Waals surface area contributed by atoms with Crippen LogP contribution in [0.15, 0.2) is 41.7 Å². The molecule has 0 radical (unpaired) electrons. The highest BCUT2D eigenvalue weighted by atomic mass is 35.5. The quantitative estimate of drug-likeness (QED) is 0.506. The first kappa shape index (κ1) is 21.8. The molecule has 3 rings (SSSR count). The van der Waals surface area contributed by atoms with Crippen LogP contribution in [0.1, 0.15) is 26.8 Å². The Morgan fingerprint density at radius 1 is 1.17 bits per heavy atom. The number of benzene rings is 1. The van der Waals surface area contributed by atoms with Crippen LogP contribution in [0.2, 0.25) is 5.02 Å². The number of amides is 1. The van der Waals surface area contributed by atoms with E-state index in [1.165, 1.54) is 4.57 Å². The molecule has 0 saturated heterocycles. The molecule has 1 atom stereocenters. The van der Waals surface area contributed by atoms with Gasteiger partial charge in [-0.25, -0.2) is 4.68 Å². The van der Waals surface area contributed by atoms with Crippen LogP contribution in [0.4, 0.5) is 5.82 Å². The third kappa shape index (κ3) is 5.00. The van der Waals surface area contributed by atoms with E-state index in [1.54, 1.807) is 48.1 Å². The van der Waals surface area contributed by atoms with Gasteiger partial charge in [-0.15, -0.1) is 10.2 Å². The van der Waals surface area contributed by atoms with Gasteiger partial charge in [0.05, 0.1) is 11.4 Å². The molecule has 2 aromatic heterocycles. The predicted octanol–water partition coefficient (Wildman–Crippen LogP) is 3.58. The third-order valence-corrected chi connectivity index (χ3v) is 5.51. The average molecular weight is 449 g/mol. The number of halogens is 1. The zero-order chi connectivity index (χ0) is 21.8. The molecule has 9 nitrogen and oxygen atoms in total. The SMILES string of the molecule is CC(C)n1nccc1NC(=O)[C@H](C)Sc1nnc(-c2ccc(Cl)cc2)n1CC(=O)O. The van der Waals surface area contributed by atoms with Gasteiger partial charge in [0.2, 0.25) is 5.91 Å². The number of carbonyl (C=O) groups excluding carboxylic acids is 1. The van der Waals surface area contributed by atoms with Gasteiger partial charge in [0.15, 0.2) is 11.0 Å². The monoisotopic (exact) mass is 448 g/mol. The van der Waals surface area contributed by atoms with Crippen molar-refractivity contribution in [3.05, 3.63) is 41.6 Å². The Labute approximate surface area is 182 Å². The van der Waals surface area contributed by atoms with E-state index < -0.39 is 11.2 Å². The normalized spacial score (nSPS) is 12.2. The fraction of sp³-hybridized carbons (Fsp3) is 0.316. The van der Waals surface area contributed by atoms with Crippen molar-refractivity contribution in [2.75, 3.05) is 5.32 Å². The molecule has 3 aromatic rings. The number of nitrogens with one attached hydrogen (secondary N) is 1. The second-order valence-electron chi connectivity index (χ2n) is 6.80.